The van der Waals surface area contributed by atoms with Crippen LogP contribution in [0, 0.1) is 0 Å². The molecule has 0 saturated heterocycles. The van der Waals surface area contributed by atoms with Crippen LogP contribution in [0.4, 0.5) is 13.2 Å². The number of alkyl halides is 3. The van der Waals surface area contributed by atoms with Crippen molar-refractivity contribution in [1.29, 1.82) is 0 Å². The van der Waals surface area contributed by atoms with Gasteiger partial charge in [-0.1, -0.05) is 0 Å². The fourth-order valence-electron chi connectivity index (χ4n) is 0.672. The Bertz CT molecular complexity index is 189. The zero-order valence-corrected chi connectivity index (χ0v) is 6.62. The van der Waals surface area contributed by atoms with Gasteiger partial charge in [0.05, 0.1) is 12.6 Å². The molecule has 13 heavy (non-hydrogen) atoms. The van der Waals surface area contributed by atoms with E-state index in [1.54, 1.807) is 0 Å². The Morgan fingerprint density at radius 3 is 2.08 bits per heavy atom. The highest BCUT2D eigenvalue weighted by molar-refractivity contribution is 5.76. The Labute approximate surface area is 72.4 Å². The molecule has 8 heteroatoms. The minimum absolute atomic E-state index is 0.716. The number of aliphatic hydroxyl groups is 1. The first-order valence-corrected chi connectivity index (χ1v) is 3.31. The molecule has 0 saturated carbocycles. The predicted octanol–water partition coefficient (Wildman–Crippen LogP) is -1.49. The average molecular weight is 200 g/mol. The van der Waals surface area contributed by atoms with E-state index in [1.807, 2.05) is 0 Å². The highest BCUT2D eigenvalue weighted by Gasteiger charge is 2.43. The molecule has 7 N–H and O–H groups in total. The average Bonchev–Trinajstić information content (AvgIpc) is 1.96. The number of aliphatic hydroxyl groups excluding tert-OH is 1. The van der Waals surface area contributed by atoms with Crippen LogP contribution in [-0.4, -0.2) is 35.9 Å². The molecule has 0 aliphatic carbocycles. The Morgan fingerprint density at radius 2 is 1.85 bits per heavy atom. The zero-order valence-electron chi connectivity index (χ0n) is 6.62. The fraction of sp³-hybridized carbons (Fsp3) is 0.800. The van der Waals surface area contributed by atoms with E-state index in [9.17, 15) is 13.2 Å². The quantitative estimate of drug-likeness (QED) is 0.328. The molecule has 0 unspecified atom stereocenters. The molecule has 0 radical (unpaired) electrons. The van der Waals surface area contributed by atoms with Crippen LogP contribution in [0.1, 0.15) is 0 Å². The third-order valence-corrected chi connectivity index (χ3v) is 1.24. The molecule has 0 bridgehead atoms. The van der Waals surface area contributed by atoms with Gasteiger partial charge in [0.25, 0.3) is 0 Å². The van der Waals surface area contributed by atoms with Crippen molar-refractivity contribution < 1.29 is 18.3 Å². The van der Waals surface area contributed by atoms with Gasteiger partial charge in [0.1, 0.15) is 0 Å². The van der Waals surface area contributed by atoms with Crippen molar-refractivity contribution in [3.63, 3.8) is 0 Å². The summed E-state index contributed by atoms with van der Waals surface area (Å²) in [4.78, 5) is 2.88. The Kier molecular flexibility index (Phi) is 3.95. The number of halogens is 3. The van der Waals surface area contributed by atoms with E-state index in [-0.39, 0.29) is 0 Å². The molecule has 0 heterocycles. The molecule has 78 valence electrons. The van der Waals surface area contributed by atoms with Crippen LogP contribution in [0.25, 0.3) is 0 Å². The molecule has 0 aliphatic rings. The minimum atomic E-state index is -4.66. The van der Waals surface area contributed by atoms with Gasteiger partial charge in [0, 0.05) is 0 Å². The van der Waals surface area contributed by atoms with E-state index < -0.39 is 30.8 Å². The highest BCUT2D eigenvalue weighted by Crippen LogP contribution is 2.24. The van der Waals surface area contributed by atoms with E-state index >= 15 is 0 Å². The topological polar surface area (TPSA) is 111 Å². The molecular weight excluding hydrogens is 189 g/mol. The summed E-state index contributed by atoms with van der Waals surface area (Å²) in [5, 5.41) is 8.41. The van der Waals surface area contributed by atoms with E-state index in [0.29, 0.717) is 0 Å². The molecule has 0 spiro atoms. The maximum atomic E-state index is 12.1. The van der Waals surface area contributed by atoms with Gasteiger partial charge in [-0.2, -0.15) is 13.2 Å². The number of rotatable bonds is 3. The largest absolute Gasteiger partial charge is 0.412 e. The third-order valence-electron chi connectivity index (χ3n) is 1.24. The minimum Gasteiger partial charge on any atom is -0.395 e. The van der Waals surface area contributed by atoms with Crippen LogP contribution in [0.15, 0.2) is 4.99 Å². The monoisotopic (exact) mass is 200 g/mol. The first-order chi connectivity index (χ1) is 5.79. The van der Waals surface area contributed by atoms with Crippen molar-refractivity contribution in [2.45, 2.75) is 18.3 Å². The van der Waals surface area contributed by atoms with Gasteiger partial charge in [0.15, 0.2) is 12.0 Å². The van der Waals surface area contributed by atoms with Crippen LogP contribution in [0.5, 0.6) is 0 Å². The van der Waals surface area contributed by atoms with Crippen molar-refractivity contribution in [1.82, 2.24) is 0 Å². The summed E-state index contributed by atoms with van der Waals surface area (Å²) in [7, 11) is 0. The van der Waals surface area contributed by atoms with E-state index in [1.165, 1.54) is 0 Å². The lowest BCUT2D eigenvalue weighted by atomic mass is 10.1. The molecule has 0 fully saturated rings. The first kappa shape index (κ1) is 12.0. The summed E-state index contributed by atoms with van der Waals surface area (Å²) in [5.41, 5.74) is 14.5. The van der Waals surface area contributed by atoms with Crippen molar-refractivity contribution >= 4 is 5.96 Å². The second-order valence-corrected chi connectivity index (χ2v) is 2.39. The second-order valence-electron chi connectivity index (χ2n) is 2.39. The van der Waals surface area contributed by atoms with Gasteiger partial charge < -0.3 is 22.3 Å². The molecule has 0 rings (SSSR count). The van der Waals surface area contributed by atoms with Gasteiger partial charge in [-0.15, -0.1) is 0 Å². The molecule has 0 aromatic carbocycles. The van der Waals surface area contributed by atoms with E-state index in [2.05, 4.69) is 4.99 Å². The fourth-order valence-corrected chi connectivity index (χ4v) is 0.672. The lowest BCUT2D eigenvalue weighted by Crippen LogP contribution is -2.47. The molecular formula is C5H11F3N4O. The number of nitrogens with two attached hydrogens (primary N) is 3. The maximum Gasteiger partial charge on any atom is 0.412 e. The van der Waals surface area contributed by atoms with Crippen molar-refractivity contribution in [3.05, 3.63) is 0 Å². The Morgan fingerprint density at radius 1 is 1.38 bits per heavy atom. The molecule has 2 atom stereocenters. The summed E-state index contributed by atoms with van der Waals surface area (Å²) < 4.78 is 36.3. The van der Waals surface area contributed by atoms with Gasteiger partial charge in [0.2, 0.25) is 0 Å². The molecule has 0 amide bonds. The highest BCUT2D eigenvalue weighted by atomic mass is 19.4. The Balaban J connectivity index is 4.67. The molecule has 5 nitrogen and oxygen atoms in total. The zero-order chi connectivity index (χ0) is 10.6. The van der Waals surface area contributed by atoms with Crippen molar-refractivity contribution in [3.8, 4) is 0 Å². The summed E-state index contributed by atoms with van der Waals surface area (Å²) in [6.45, 7) is -0.846. The normalized spacial score (nSPS) is 16.4. The van der Waals surface area contributed by atoms with Crippen LogP contribution in [0.2, 0.25) is 0 Å². The van der Waals surface area contributed by atoms with E-state index in [0.717, 1.165) is 0 Å². The number of hydrogen-bond donors (Lipinski definition) is 4. The SMILES string of the molecule is NC(N)=N[C@H]([C@H](N)CO)C(F)(F)F. The Hall–Kier alpha value is -1.02. The van der Waals surface area contributed by atoms with Crippen LogP contribution >= 0.6 is 0 Å². The number of guanidine groups is 1. The second kappa shape index (κ2) is 4.28. The van der Waals surface area contributed by atoms with Gasteiger partial charge in [-0.25, -0.2) is 4.99 Å². The smallest absolute Gasteiger partial charge is 0.395 e. The summed E-state index contributed by atoms with van der Waals surface area (Å²) in [6.07, 6.45) is -4.66. The predicted molar refractivity (Wildman–Crippen MR) is 40.7 cm³/mol. The first-order valence-electron chi connectivity index (χ1n) is 3.31. The van der Waals surface area contributed by atoms with Gasteiger partial charge in [-0.05, 0) is 0 Å². The van der Waals surface area contributed by atoms with Crippen molar-refractivity contribution in [2.24, 2.45) is 22.2 Å². The van der Waals surface area contributed by atoms with Crippen LogP contribution in [0.3, 0.4) is 0 Å². The lowest BCUT2D eigenvalue weighted by molar-refractivity contribution is -0.153. The van der Waals surface area contributed by atoms with Crippen LogP contribution in [-0.2, 0) is 0 Å². The number of nitrogens with zero attached hydrogens (tertiary/aromatic N) is 1. The summed E-state index contributed by atoms with van der Waals surface area (Å²) in [5.74, 6) is -0.716. The molecule has 0 aromatic heterocycles. The third kappa shape index (κ3) is 3.95. The number of hydrogen-bond acceptors (Lipinski definition) is 3. The van der Waals surface area contributed by atoms with Gasteiger partial charge in [-0.3, -0.25) is 0 Å². The van der Waals surface area contributed by atoms with E-state index in [4.69, 9.17) is 22.3 Å². The van der Waals surface area contributed by atoms with Crippen LogP contribution < -0.4 is 17.2 Å². The lowest BCUT2D eigenvalue weighted by Gasteiger charge is -2.20. The van der Waals surface area contributed by atoms with Crippen molar-refractivity contribution in [2.75, 3.05) is 6.61 Å². The summed E-state index contributed by atoms with van der Waals surface area (Å²) >= 11 is 0. The maximum absolute atomic E-state index is 12.1. The summed E-state index contributed by atoms with van der Waals surface area (Å²) in [6, 6.07) is -3.82. The molecule has 0 aliphatic heterocycles. The molecule has 0 aromatic rings. The van der Waals surface area contributed by atoms with Gasteiger partial charge >= 0.3 is 6.18 Å². The standard InChI is InChI=1S/C5H11F3N4O/c6-5(7,8)3(2(9)1-13)12-4(10)11/h2-3,13H,1,9H2,(H4,10,11,12)/t2-,3-/m1/s1. The number of aliphatic imine (C=N–C) groups is 1.